The molecule has 14 N–H and O–H groups in total. The van der Waals surface area contributed by atoms with E-state index in [-0.39, 0.29) is 62.5 Å². The Morgan fingerprint density at radius 2 is 1.22 bits per heavy atom. The average molecular weight is 1440 g/mol. The number of nitrogens with two attached hydrogens (primary N) is 3. The maximum Gasteiger partial charge on any atom is 0.490 e. The number of carboxylic acids is 4. The summed E-state index contributed by atoms with van der Waals surface area (Å²) in [6, 6.07) is 15.0. The second-order valence-corrected chi connectivity index (χ2v) is 23.8. The number of nitrogens with zero attached hydrogens (tertiary/aromatic N) is 4. The smallest absolute Gasteiger partial charge is 0.490 e. The molecule has 2 heterocycles. The minimum atomic E-state index is -5.08. The lowest BCUT2D eigenvalue weighted by molar-refractivity contribution is -0.193. The van der Waals surface area contributed by atoms with E-state index in [1.54, 1.807) is 43.3 Å². The molecular formula is C57H67F12N11O15S2. The Balaban J connectivity index is 0.00000139. The van der Waals surface area contributed by atoms with Crippen molar-refractivity contribution in [2.45, 2.75) is 108 Å². The van der Waals surface area contributed by atoms with Gasteiger partial charge in [-0.3, -0.25) is 24.0 Å². The molecule has 536 valence electrons. The summed E-state index contributed by atoms with van der Waals surface area (Å²) < 4.78 is 139. The van der Waals surface area contributed by atoms with E-state index >= 15 is 0 Å². The van der Waals surface area contributed by atoms with Crippen LogP contribution in [0.4, 0.5) is 52.7 Å². The summed E-state index contributed by atoms with van der Waals surface area (Å²) in [5.74, 6) is -12.2. The van der Waals surface area contributed by atoms with Gasteiger partial charge in [0.1, 0.15) is 55.4 Å². The lowest BCUT2D eigenvalue weighted by atomic mass is 9.93. The monoisotopic (exact) mass is 1440 g/mol. The van der Waals surface area contributed by atoms with Crippen LogP contribution in [0.5, 0.6) is 11.5 Å². The van der Waals surface area contributed by atoms with Crippen molar-refractivity contribution in [2.24, 2.45) is 17.2 Å². The molecule has 0 aliphatic carbocycles. The lowest BCUT2D eigenvalue weighted by Crippen LogP contribution is -2.56. The molecule has 1 aromatic heterocycles. The van der Waals surface area contributed by atoms with Crippen molar-refractivity contribution in [3.63, 3.8) is 0 Å². The number of alkyl halides is 12. The largest absolute Gasteiger partial charge is 0.492 e. The van der Waals surface area contributed by atoms with Crippen molar-refractivity contribution >= 4 is 75.0 Å². The molecule has 4 aromatic rings. The zero-order chi connectivity index (χ0) is 74.6. The number of nitriles is 1. The molecule has 5 rings (SSSR count). The van der Waals surface area contributed by atoms with Crippen molar-refractivity contribution in [3.05, 3.63) is 94.8 Å². The number of ether oxygens (including phenoxy) is 2. The quantitative estimate of drug-likeness (QED) is 0.0226. The molecule has 0 saturated heterocycles. The van der Waals surface area contributed by atoms with Gasteiger partial charge in [-0.2, -0.15) is 57.9 Å². The van der Waals surface area contributed by atoms with Crippen LogP contribution in [0, 0.1) is 18.3 Å². The molecule has 0 saturated carbocycles. The number of carboxylic acid groups (broad SMARTS) is 4. The Kier molecular flexibility index (Phi) is 34.6. The Bertz CT molecular complexity index is 3300. The van der Waals surface area contributed by atoms with Gasteiger partial charge in [0.15, 0.2) is 5.82 Å². The highest BCUT2D eigenvalue weighted by Crippen LogP contribution is 2.41. The molecule has 26 nitrogen and oxygen atoms in total. The number of likely N-dealkylation sites (N-methyl/N-ethyl adjacent to an activating group) is 1. The van der Waals surface area contributed by atoms with Crippen LogP contribution in [-0.2, 0) is 51.2 Å². The van der Waals surface area contributed by atoms with E-state index < -0.39 is 102 Å². The number of benzene rings is 3. The van der Waals surface area contributed by atoms with Crippen molar-refractivity contribution in [1.29, 1.82) is 5.26 Å². The summed E-state index contributed by atoms with van der Waals surface area (Å²) in [6.45, 7) is 10.1. The van der Waals surface area contributed by atoms with E-state index in [2.05, 4.69) is 52.0 Å². The molecule has 0 fully saturated rings. The number of aromatic nitrogens is 2. The Morgan fingerprint density at radius 1 is 0.732 bits per heavy atom. The van der Waals surface area contributed by atoms with Crippen LogP contribution in [0.15, 0.2) is 66.9 Å². The maximum absolute atomic E-state index is 14.7. The molecule has 0 unspecified atom stereocenters. The number of halogens is 12. The Morgan fingerprint density at radius 3 is 1.66 bits per heavy atom. The molecule has 5 amide bonds. The highest BCUT2D eigenvalue weighted by atomic mass is 33.1. The number of fused-ring (bicyclic) bond motifs is 5. The third kappa shape index (κ3) is 30.6. The van der Waals surface area contributed by atoms with Crippen LogP contribution in [0.25, 0.3) is 22.5 Å². The average Bonchev–Trinajstić information content (AvgIpc) is 0.789. The number of hydrogen-bond acceptors (Lipinski definition) is 19. The number of hydrogen-bond donors (Lipinski definition) is 11. The zero-order valence-corrected chi connectivity index (χ0v) is 53.5. The number of carbonyl (C=O) groups excluding carboxylic acids is 5. The van der Waals surface area contributed by atoms with Gasteiger partial charge in [0.2, 0.25) is 23.6 Å². The molecule has 1 aliphatic rings. The van der Waals surface area contributed by atoms with Gasteiger partial charge in [-0.15, -0.1) is 0 Å². The molecule has 0 spiro atoms. The van der Waals surface area contributed by atoms with Gasteiger partial charge < -0.3 is 73.3 Å². The number of amides is 5. The first-order valence-corrected chi connectivity index (χ1v) is 30.0. The normalized spacial score (nSPS) is 14.9. The fourth-order valence-electron chi connectivity index (χ4n) is 7.39. The highest BCUT2D eigenvalue weighted by molar-refractivity contribution is 8.77. The minimum Gasteiger partial charge on any atom is -0.492 e. The number of aliphatic carboxylic acids is 4. The fourth-order valence-corrected chi connectivity index (χ4v) is 9.71. The number of carbonyl (C=O) groups is 9. The van der Waals surface area contributed by atoms with Crippen LogP contribution in [-0.4, -0.2) is 188 Å². The molecule has 4 bridgehead atoms. The second kappa shape index (κ2) is 39.1. The van der Waals surface area contributed by atoms with Crippen LogP contribution in [0.3, 0.4) is 0 Å². The molecule has 3 aromatic carbocycles. The molecule has 97 heavy (non-hydrogen) atoms. The number of aryl methyl sites for hydroxylation is 2. The summed E-state index contributed by atoms with van der Waals surface area (Å²) in [5, 5.41) is 48.4. The van der Waals surface area contributed by atoms with E-state index in [9.17, 15) is 81.9 Å². The Labute approximate surface area is 552 Å². The lowest BCUT2D eigenvalue weighted by Gasteiger charge is -2.32. The summed E-state index contributed by atoms with van der Waals surface area (Å²) in [7, 11) is 5.12. The number of rotatable bonds is 19. The first kappa shape index (κ1) is 85.8. The van der Waals surface area contributed by atoms with Crippen LogP contribution in [0.1, 0.15) is 72.9 Å². The van der Waals surface area contributed by atoms with Gasteiger partial charge in [-0.25, -0.2) is 29.1 Å². The van der Waals surface area contributed by atoms with E-state index in [0.717, 1.165) is 17.7 Å². The maximum atomic E-state index is 14.7. The van der Waals surface area contributed by atoms with Gasteiger partial charge in [-0.1, -0.05) is 78.8 Å². The summed E-state index contributed by atoms with van der Waals surface area (Å²) in [4.78, 5) is 116. The van der Waals surface area contributed by atoms with Gasteiger partial charge in [0.25, 0.3) is 5.91 Å². The molecule has 1 aliphatic heterocycles. The third-order valence-corrected chi connectivity index (χ3v) is 15.1. The zero-order valence-electron chi connectivity index (χ0n) is 51.9. The van der Waals surface area contributed by atoms with Crippen molar-refractivity contribution in [1.82, 2.24) is 36.1 Å². The number of nitrogens with one attached hydrogen (secondary N) is 4. The van der Waals surface area contributed by atoms with Crippen LogP contribution < -0.4 is 47.9 Å². The van der Waals surface area contributed by atoms with E-state index in [1.807, 2.05) is 51.9 Å². The summed E-state index contributed by atoms with van der Waals surface area (Å²) >= 11 is 0. The van der Waals surface area contributed by atoms with E-state index in [1.165, 1.54) is 30.6 Å². The predicted molar refractivity (Wildman–Crippen MR) is 324 cm³/mol. The molecule has 0 radical (unpaired) electrons. The van der Waals surface area contributed by atoms with Crippen molar-refractivity contribution < 1.29 is 126 Å². The topological polar surface area (TPSA) is 432 Å². The minimum absolute atomic E-state index is 0.000516. The van der Waals surface area contributed by atoms with E-state index in [0.29, 0.717) is 45.3 Å². The van der Waals surface area contributed by atoms with Crippen LogP contribution >= 0.6 is 21.6 Å². The summed E-state index contributed by atoms with van der Waals surface area (Å²) in [6.07, 6.45) is -18.0. The standard InChI is InChI=1S/C49H63N11O7S2.4C2HF3O2/c1-29-37(28-55-43(56-29)33-10-7-31(8-11-33)16-24-68-69-49(3,4)5)45(62)58-38(15-17-50)48(65)60(6)42-34-12-14-41(67-23-20-53)36(27-34)35-25-32(9-13-40(35)66-22-19-52)26-39(46(63)54-21-18-51)59-44(61)30(2)57-47(42)64;4*3-2(4,5)1(6)7/h7-14,25,27-28,30,38-39,42H,15-17,19-24,26,50,52-53H2,1-6H3,(H,54,63)(H,57,64)(H,58,62)(H,59,61);4*(H,6,7)/t30-,38-,39-,42-;;;;/m0..../s1. The van der Waals surface area contributed by atoms with Crippen molar-refractivity contribution in [2.75, 3.05) is 52.2 Å². The molecular weight excluding hydrogens is 1370 g/mol. The van der Waals surface area contributed by atoms with Gasteiger partial charge in [0.05, 0.1) is 17.3 Å². The second-order valence-electron chi connectivity index (χ2n) is 20.6. The first-order chi connectivity index (χ1) is 44.7. The summed E-state index contributed by atoms with van der Waals surface area (Å²) in [5.41, 5.74) is 22.1. The fraction of sp³-hybridized carbons (Fsp3) is 0.439. The van der Waals surface area contributed by atoms with Crippen molar-refractivity contribution in [3.8, 4) is 40.1 Å². The first-order valence-electron chi connectivity index (χ1n) is 27.7. The van der Waals surface area contributed by atoms with Gasteiger partial charge >= 0.3 is 48.6 Å². The van der Waals surface area contributed by atoms with Gasteiger partial charge in [0, 0.05) is 59.9 Å². The van der Waals surface area contributed by atoms with Gasteiger partial charge in [-0.05, 0) is 74.2 Å². The van der Waals surface area contributed by atoms with E-state index in [4.69, 9.17) is 66.3 Å². The molecule has 40 heteroatoms. The molecule has 4 atom stereocenters. The Hall–Kier alpha value is -9.20. The highest BCUT2D eigenvalue weighted by Gasteiger charge is 2.41. The third-order valence-electron chi connectivity index (χ3n) is 11.8. The van der Waals surface area contributed by atoms with Crippen LogP contribution in [0.2, 0.25) is 0 Å². The predicted octanol–water partition coefficient (Wildman–Crippen LogP) is 5.88. The SMILES string of the molecule is Cc1nc(-c2ccc(CCSSC(C)(C)C)cc2)ncc1C(=O)N[C@@H](CCN)C(=O)N(C)[C@@H]1C(=O)N[C@@H](C)C(=O)N[C@H](C(=O)NCC#N)Cc2ccc(OCCN)c(c2)-c2cc1ccc2OCCN.O=C(O)C(F)(F)F.O=C(O)C(F)(F)F.O=C(O)C(F)(F)F.O=C(O)C(F)(F)F.